The van der Waals surface area contributed by atoms with Crippen LogP contribution in [0.4, 0.5) is 0 Å². The molecule has 0 atom stereocenters. The zero-order valence-electron chi connectivity index (χ0n) is 17.8. The first-order valence-electron chi connectivity index (χ1n) is 11.2. The molecule has 2 amide bonds. The minimum atomic E-state index is 0.0870. The number of benzene rings is 2. The summed E-state index contributed by atoms with van der Waals surface area (Å²) >= 11 is 5.93. The van der Waals surface area contributed by atoms with Crippen molar-refractivity contribution in [3.05, 3.63) is 70.7 Å². The van der Waals surface area contributed by atoms with Crippen LogP contribution in [0, 0.1) is 5.92 Å². The van der Waals surface area contributed by atoms with Gasteiger partial charge in [-0.15, -0.1) is 0 Å². The summed E-state index contributed by atoms with van der Waals surface area (Å²) in [6.45, 7) is 4.08. The Balaban J connectivity index is 1.20. The molecule has 0 aliphatic carbocycles. The van der Waals surface area contributed by atoms with Crippen LogP contribution in [0.2, 0.25) is 5.02 Å². The van der Waals surface area contributed by atoms with Crippen LogP contribution in [0.5, 0.6) is 0 Å². The van der Waals surface area contributed by atoms with Gasteiger partial charge < -0.3 is 15.1 Å². The minimum Gasteiger partial charge on any atom is -0.352 e. The van der Waals surface area contributed by atoms with Crippen molar-refractivity contribution in [2.75, 3.05) is 26.2 Å². The van der Waals surface area contributed by atoms with Crippen molar-refractivity contribution in [2.45, 2.75) is 38.3 Å². The van der Waals surface area contributed by atoms with E-state index in [-0.39, 0.29) is 17.7 Å². The fourth-order valence-corrected chi connectivity index (χ4v) is 4.79. The number of amides is 2. The lowest BCUT2D eigenvalue weighted by molar-refractivity contribution is -0.126. The van der Waals surface area contributed by atoms with Crippen molar-refractivity contribution in [3.8, 4) is 0 Å². The molecule has 2 aromatic carbocycles. The Morgan fingerprint density at radius 2 is 1.52 bits per heavy atom. The van der Waals surface area contributed by atoms with Crippen molar-refractivity contribution in [3.63, 3.8) is 0 Å². The Morgan fingerprint density at radius 1 is 0.871 bits per heavy atom. The Hall–Kier alpha value is -2.37. The number of halogens is 1. The van der Waals surface area contributed by atoms with Gasteiger partial charge in [-0.25, -0.2) is 0 Å². The number of piperidine rings is 2. The quantitative estimate of drug-likeness (QED) is 0.766. The van der Waals surface area contributed by atoms with E-state index >= 15 is 0 Å². The summed E-state index contributed by atoms with van der Waals surface area (Å²) in [7, 11) is 0. The van der Waals surface area contributed by atoms with E-state index in [0.29, 0.717) is 23.2 Å². The predicted octanol–water partition coefficient (Wildman–Crippen LogP) is 3.97. The molecule has 164 valence electrons. The average Bonchev–Trinajstić information content (AvgIpc) is 2.83. The predicted molar refractivity (Wildman–Crippen MR) is 123 cm³/mol. The molecule has 0 radical (unpaired) electrons. The van der Waals surface area contributed by atoms with Crippen LogP contribution >= 0.6 is 11.6 Å². The van der Waals surface area contributed by atoms with E-state index in [1.807, 2.05) is 35.2 Å². The fraction of sp³-hybridized carbons (Fsp3) is 0.440. The highest BCUT2D eigenvalue weighted by Gasteiger charge is 2.31. The first-order chi connectivity index (χ1) is 15.1. The molecule has 2 saturated heterocycles. The molecule has 5 nitrogen and oxygen atoms in total. The van der Waals surface area contributed by atoms with E-state index in [9.17, 15) is 9.59 Å². The molecule has 2 fully saturated rings. The molecule has 0 bridgehead atoms. The van der Waals surface area contributed by atoms with Gasteiger partial charge in [0.05, 0.1) is 0 Å². The third-order valence-electron chi connectivity index (χ3n) is 6.57. The Morgan fingerprint density at radius 3 is 2.16 bits per heavy atom. The summed E-state index contributed by atoms with van der Waals surface area (Å²) in [5, 5.41) is 3.74. The largest absolute Gasteiger partial charge is 0.352 e. The fourth-order valence-electron chi connectivity index (χ4n) is 4.67. The summed E-state index contributed by atoms with van der Waals surface area (Å²) in [6, 6.07) is 17.7. The van der Waals surface area contributed by atoms with Crippen molar-refractivity contribution in [1.82, 2.24) is 15.1 Å². The molecule has 4 rings (SSSR count). The van der Waals surface area contributed by atoms with Crippen molar-refractivity contribution in [2.24, 2.45) is 5.92 Å². The highest BCUT2D eigenvalue weighted by molar-refractivity contribution is 6.30. The number of nitrogens with zero attached hydrogens (tertiary/aromatic N) is 2. The molecule has 2 aliphatic rings. The SMILES string of the molecule is O=C(NCc1ccccc1)C1CCN(C2CCN(C(=O)c3ccc(Cl)cc3)CC2)CC1. The van der Waals surface area contributed by atoms with Gasteiger partial charge >= 0.3 is 0 Å². The van der Waals surface area contributed by atoms with Gasteiger partial charge in [-0.05, 0) is 68.6 Å². The second-order valence-corrected chi connectivity index (χ2v) is 8.98. The zero-order chi connectivity index (χ0) is 21.6. The van der Waals surface area contributed by atoms with Crippen LogP contribution in [0.15, 0.2) is 54.6 Å². The van der Waals surface area contributed by atoms with Gasteiger partial charge in [0, 0.05) is 42.2 Å². The smallest absolute Gasteiger partial charge is 0.253 e. The summed E-state index contributed by atoms with van der Waals surface area (Å²) in [5.74, 6) is 0.363. The van der Waals surface area contributed by atoms with Gasteiger partial charge in [-0.1, -0.05) is 41.9 Å². The van der Waals surface area contributed by atoms with Crippen molar-refractivity contribution < 1.29 is 9.59 Å². The molecule has 0 saturated carbocycles. The maximum atomic E-state index is 12.7. The maximum absolute atomic E-state index is 12.7. The number of likely N-dealkylation sites (tertiary alicyclic amines) is 2. The Labute approximate surface area is 189 Å². The van der Waals surface area contributed by atoms with Crippen molar-refractivity contribution >= 4 is 23.4 Å². The van der Waals surface area contributed by atoms with E-state index in [0.717, 1.165) is 57.4 Å². The number of hydrogen-bond acceptors (Lipinski definition) is 3. The average molecular weight is 440 g/mol. The van der Waals surface area contributed by atoms with Crippen molar-refractivity contribution in [1.29, 1.82) is 0 Å². The standard InChI is InChI=1S/C25H30ClN3O2/c26-22-8-6-21(7-9-22)25(31)29-16-12-23(13-17-29)28-14-10-20(11-15-28)24(30)27-18-19-4-2-1-3-5-19/h1-9,20,23H,10-18H2,(H,27,30). The third-order valence-corrected chi connectivity index (χ3v) is 6.82. The van der Waals surface area contributed by atoms with Crippen LogP contribution in [-0.2, 0) is 11.3 Å². The summed E-state index contributed by atoms with van der Waals surface area (Å²) in [4.78, 5) is 29.7. The number of carbonyl (C=O) groups is 2. The first kappa shape index (κ1) is 21.8. The molecular formula is C25H30ClN3O2. The van der Waals surface area contributed by atoms with Gasteiger partial charge in [-0.2, -0.15) is 0 Å². The van der Waals surface area contributed by atoms with Crippen LogP contribution < -0.4 is 5.32 Å². The lowest BCUT2D eigenvalue weighted by Gasteiger charge is -2.41. The number of nitrogens with one attached hydrogen (secondary N) is 1. The second-order valence-electron chi connectivity index (χ2n) is 8.54. The molecule has 2 aliphatic heterocycles. The number of carbonyl (C=O) groups excluding carboxylic acids is 2. The topological polar surface area (TPSA) is 52.7 Å². The molecule has 1 N–H and O–H groups in total. The minimum absolute atomic E-state index is 0.0870. The van der Waals surface area contributed by atoms with Gasteiger partial charge in [0.25, 0.3) is 5.91 Å². The molecule has 6 heteroatoms. The first-order valence-corrected chi connectivity index (χ1v) is 11.6. The molecule has 2 aromatic rings. The summed E-state index contributed by atoms with van der Waals surface area (Å²) < 4.78 is 0. The molecule has 0 spiro atoms. The van der Waals surface area contributed by atoms with E-state index in [1.54, 1.807) is 24.3 Å². The normalized spacial score (nSPS) is 18.7. The second kappa shape index (κ2) is 10.3. The van der Waals surface area contributed by atoms with E-state index in [4.69, 9.17) is 11.6 Å². The van der Waals surface area contributed by atoms with E-state index in [1.165, 1.54) is 0 Å². The molecule has 0 unspecified atom stereocenters. The lowest BCUT2D eigenvalue weighted by Crippen LogP contribution is -2.50. The van der Waals surface area contributed by atoms with Crippen LogP contribution in [0.1, 0.15) is 41.6 Å². The Kier molecular flexibility index (Phi) is 7.25. The van der Waals surface area contributed by atoms with E-state index in [2.05, 4.69) is 10.2 Å². The van der Waals surface area contributed by atoms with E-state index < -0.39 is 0 Å². The molecular weight excluding hydrogens is 410 g/mol. The van der Waals surface area contributed by atoms with Crippen LogP contribution in [0.3, 0.4) is 0 Å². The molecule has 31 heavy (non-hydrogen) atoms. The highest BCUT2D eigenvalue weighted by atomic mass is 35.5. The van der Waals surface area contributed by atoms with Gasteiger partial charge in [0.2, 0.25) is 5.91 Å². The maximum Gasteiger partial charge on any atom is 0.253 e. The third kappa shape index (κ3) is 5.66. The summed E-state index contributed by atoms with van der Waals surface area (Å²) in [6.07, 6.45) is 3.80. The van der Waals surface area contributed by atoms with Gasteiger partial charge in [-0.3, -0.25) is 9.59 Å². The Bertz CT molecular complexity index is 871. The van der Waals surface area contributed by atoms with Gasteiger partial charge in [0.15, 0.2) is 0 Å². The summed E-state index contributed by atoms with van der Waals surface area (Å²) in [5.41, 5.74) is 1.83. The molecule has 0 aromatic heterocycles. The van der Waals surface area contributed by atoms with Crippen LogP contribution in [-0.4, -0.2) is 53.8 Å². The van der Waals surface area contributed by atoms with Gasteiger partial charge in [0.1, 0.15) is 0 Å². The molecule has 2 heterocycles. The number of rotatable bonds is 5. The van der Waals surface area contributed by atoms with Crippen LogP contribution in [0.25, 0.3) is 0 Å². The highest BCUT2D eigenvalue weighted by Crippen LogP contribution is 2.25. The number of hydrogen-bond donors (Lipinski definition) is 1. The monoisotopic (exact) mass is 439 g/mol. The zero-order valence-corrected chi connectivity index (χ0v) is 18.6. The lowest BCUT2D eigenvalue weighted by atomic mass is 9.92.